The zero-order chi connectivity index (χ0) is 54.4. The summed E-state index contributed by atoms with van der Waals surface area (Å²) in [5.74, 6) is -1.41. The number of hydrogen-bond donors (Lipinski definition) is 4. The first-order valence-corrected chi connectivity index (χ1v) is 23.8. The summed E-state index contributed by atoms with van der Waals surface area (Å²) in [4.78, 5) is 47.3. The van der Waals surface area contributed by atoms with E-state index in [2.05, 4.69) is 22.5 Å². The second-order valence-electron chi connectivity index (χ2n) is 15.6. The molecule has 0 saturated heterocycles. The first kappa shape index (κ1) is 59.8. The number of esters is 1. The number of carbonyl (C=O) groups is 4. The second kappa shape index (κ2) is 27.0. The molecular weight excluding hydrogens is 1100 g/mol. The lowest BCUT2D eigenvalue weighted by Gasteiger charge is -2.20. The number of benzene rings is 5. The number of rotatable bonds is 13. The monoisotopic (exact) mass is 1140 g/mol. The number of Topliss-reactive ketones (excluding diaryl/α,β-unsaturated/α-hetero) is 1. The Hall–Kier alpha value is -5.79. The molecule has 1 aliphatic rings. The molecule has 1 aliphatic carbocycles. The third kappa shape index (κ3) is 17.7. The quantitative estimate of drug-likeness (QED) is 0.0296. The van der Waals surface area contributed by atoms with Gasteiger partial charge in [-0.2, -0.15) is 26.3 Å². The standard InChI is InChI=1S/C26H21Cl2F3N2O3S.C18H17F3N2OS.C7H3Cl3O/c1-14-11-19(27)22(20(28)12-14)23(34)32-16-9-7-15(8-10-16)13-21(25(35)36-2)33-24(37)17-5-3-4-6-18(17)26(29,30)31;1-11(24)16(10-12-6-8-13(22)9-7-12)23-17(25)14-4-2-3-5-15(14)18(19,20)21;8-4-2-1-3-5(9)6(4)7(10)11/h3-11,21H,1,12-13H2,2H3,(H,32,34)(H,33,37);2-9,16H,10,22H2,1H3,(H,23,25);1-3H. The molecule has 2 atom stereocenters. The average Bonchev–Trinajstić information content (AvgIpc) is 3.31. The smallest absolute Gasteiger partial charge is 0.417 e. The van der Waals surface area contributed by atoms with E-state index in [9.17, 15) is 45.5 Å². The summed E-state index contributed by atoms with van der Waals surface area (Å²) < 4.78 is 84.4. The minimum Gasteiger partial charge on any atom is -0.467 e. The lowest BCUT2D eigenvalue weighted by molar-refractivity contribution is -0.142. The van der Waals surface area contributed by atoms with E-state index in [0.29, 0.717) is 35.4 Å². The zero-order valence-electron chi connectivity index (χ0n) is 38.1. The fourth-order valence-corrected chi connectivity index (χ4v) is 8.91. The van der Waals surface area contributed by atoms with Crippen LogP contribution in [0.1, 0.15) is 57.1 Å². The van der Waals surface area contributed by atoms with Gasteiger partial charge in [-0.15, -0.1) is 0 Å². The normalized spacial score (nSPS) is 13.1. The summed E-state index contributed by atoms with van der Waals surface area (Å²) in [5, 5.41) is 8.53. The maximum Gasteiger partial charge on any atom is 0.417 e. The summed E-state index contributed by atoms with van der Waals surface area (Å²) in [5.41, 5.74) is 6.99. The van der Waals surface area contributed by atoms with Crippen molar-refractivity contribution in [2.75, 3.05) is 18.2 Å². The molecule has 73 heavy (non-hydrogen) atoms. The number of carbonyl (C=O) groups excluding carboxylic acids is 4. The molecule has 22 heteroatoms. The maximum atomic E-state index is 13.4. The molecule has 5 aromatic carbocycles. The third-order valence-electron chi connectivity index (χ3n) is 10.2. The Morgan fingerprint density at radius 3 is 1.58 bits per heavy atom. The molecule has 0 spiro atoms. The Balaban J connectivity index is 0.000000274. The molecule has 0 bridgehead atoms. The first-order chi connectivity index (χ1) is 34.2. The lowest BCUT2D eigenvalue weighted by Crippen LogP contribution is -2.43. The molecule has 5 aromatic rings. The van der Waals surface area contributed by atoms with Crippen LogP contribution >= 0.6 is 82.4 Å². The lowest BCUT2D eigenvalue weighted by atomic mass is 10.0. The van der Waals surface area contributed by atoms with Crippen LogP contribution in [0.4, 0.5) is 37.7 Å². The highest BCUT2D eigenvalue weighted by Crippen LogP contribution is 2.35. The number of nitrogens with one attached hydrogen (secondary N) is 3. The first-order valence-electron chi connectivity index (χ1n) is 21.1. The van der Waals surface area contributed by atoms with Crippen LogP contribution in [0.25, 0.3) is 0 Å². The van der Waals surface area contributed by atoms with Crippen LogP contribution in [-0.2, 0) is 44.3 Å². The topological polar surface area (TPSA) is 140 Å². The molecule has 5 N–H and O–H groups in total. The molecule has 1 amide bonds. The number of halogens is 11. The fourth-order valence-electron chi connectivity index (χ4n) is 6.64. The Labute approximate surface area is 451 Å². The van der Waals surface area contributed by atoms with Crippen LogP contribution < -0.4 is 21.7 Å². The van der Waals surface area contributed by atoms with E-state index in [1.54, 1.807) is 72.8 Å². The highest BCUT2D eigenvalue weighted by molar-refractivity contribution is 7.81. The van der Waals surface area contributed by atoms with Crippen LogP contribution in [-0.4, -0.2) is 52.1 Å². The number of amides is 1. The Morgan fingerprint density at radius 2 is 1.15 bits per heavy atom. The van der Waals surface area contributed by atoms with Gasteiger partial charge in [-0.25, -0.2) is 4.79 Å². The molecule has 2 unspecified atom stereocenters. The van der Waals surface area contributed by atoms with Gasteiger partial charge >= 0.3 is 18.3 Å². The average molecular weight is 1150 g/mol. The molecule has 0 saturated carbocycles. The number of methoxy groups -OCH3 is 1. The van der Waals surface area contributed by atoms with Crippen molar-refractivity contribution >= 4 is 127 Å². The number of ether oxygens (including phenoxy) is 1. The Bertz CT molecular complexity index is 2930. The summed E-state index contributed by atoms with van der Waals surface area (Å²) in [6.07, 6.45) is -6.90. The summed E-state index contributed by atoms with van der Waals surface area (Å²) >= 11 is 39.1. The molecule has 0 aromatic heterocycles. The van der Waals surface area contributed by atoms with Crippen LogP contribution in [0, 0.1) is 0 Å². The Morgan fingerprint density at radius 1 is 0.699 bits per heavy atom. The van der Waals surface area contributed by atoms with Gasteiger partial charge in [-0.1, -0.05) is 144 Å². The van der Waals surface area contributed by atoms with Crippen LogP contribution in [0.2, 0.25) is 10.0 Å². The highest BCUT2D eigenvalue weighted by Gasteiger charge is 2.36. The van der Waals surface area contributed by atoms with E-state index in [1.165, 1.54) is 50.4 Å². The van der Waals surface area contributed by atoms with E-state index < -0.39 is 52.7 Å². The number of thiocarbonyl (C=S) groups is 2. The van der Waals surface area contributed by atoms with Gasteiger partial charge in [0.1, 0.15) is 16.0 Å². The Kier molecular flexibility index (Phi) is 22.1. The van der Waals surface area contributed by atoms with E-state index in [0.717, 1.165) is 17.7 Å². The van der Waals surface area contributed by atoms with Crippen LogP contribution in [0.3, 0.4) is 0 Å². The van der Waals surface area contributed by atoms with Crippen molar-refractivity contribution < 1.29 is 50.3 Å². The number of ketones is 1. The third-order valence-corrected chi connectivity index (χ3v) is 12.3. The van der Waals surface area contributed by atoms with Gasteiger partial charge in [0.15, 0.2) is 5.78 Å². The van der Waals surface area contributed by atoms with Gasteiger partial charge in [0.2, 0.25) is 0 Å². The molecule has 384 valence electrons. The SMILES string of the molecule is C=C1C=C(Cl)C(C(=O)Nc2ccc(CC(NC(=S)c3ccccc3C(F)(F)F)C(=O)OC)cc2)=C(Cl)C1.CC(=O)C(Cc1ccc(N)cc1)NC(=S)c1ccccc1C(F)(F)F.O=C(Cl)c1c(Cl)cccc1Cl. The molecule has 0 fully saturated rings. The second-order valence-corrected chi connectivity index (χ2v) is 18.4. The number of alkyl halides is 6. The zero-order valence-corrected chi connectivity index (χ0v) is 43.5. The molecule has 9 nitrogen and oxygen atoms in total. The summed E-state index contributed by atoms with van der Waals surface area (Å²) in [6.45, 7) is 5.16. The number of nitrogens with two attached hydrogens (primary N) is 1. The van der Waals surface area contributed by atoms with Crippen LogP contribution in [0.15, 0.2) is 149 Å². The number of nitrogen functional groups attached to an aromatic ring is 1. The molecule has 0 radical (unpaired) electrons. The molecule has 6 rings (SSSR count). The fraction of sp³-hybridized carbons (Fsp3) is 0.176. The number of allylic oxidation sites excluding steroid dienone is 3. The predicted octanol–water partition coefficient (Wildman–Crippen LogP) is 13.4. The largest absolute Gasteiger partial charge is 0.467 e. The summed E-state index contributed by atoms with van der Waals surface area (Å²) in [6, 6.07) is 26.3. The molecular formula is C51H41Cl5F6N4O5S2. The van der Waals surface area contributed by atoms with Crippen molar-refractivity contribution in [3.05, 3.63) is 198 Å². The van der Waals surface area contributed by atoms with Gasteiger partial charge in [0.25, 0.3) is 11.1 Å². The minimum absolute atomic E-state index is 0.0584. The molecule has 0 heterocycles. The van der Waals surface area contributed by atoms with Crippen molar-refractivity contribution in [1.82, 2.24) is 10.6 Å². The van der Waals surface area contributed by atoms with Gasteiger partial charge in [0, 0.05) is 40.4 Å². The maximum absolute atomic E-state index is 13.4. The molecule has 0 aliphatic heterocycles. The van der Waals surface area contributed by atoms with E-state index >= 15 is 0 Å². The van der Waals surface area contributed by atoms with Gasteiger partial charge in [-0.05, 0) is 96.3 Å². The number of hydrogen-bond acceptors (Lipinski definition) is 8. The van der Waals surface area contributed by atoms with Gasteiger partial charge in [-0.3, -0.25) is 14.4 Å². The number of anilines is 2. The van der Waals surface area contributed by atoms with Crippen molar-refractivity contribution in [1.29, 1.82) is 0 Å². The highest BCUT2D eigenvalue weighted by atomic mass is 35.5. The van der Waals surface area contributed by atoms with Crippen molar-refractivity contribution in [2.45, 2.75) is 50.6 Å². The van der Waals surface area contributed by atoms with Crippen LogP contribution in [0.5, 0.6) is 0 Å². The van der Waals surface area contributed by atoms with Crippen molar-refractivity contribution in [3.63, 3.8) is 0 Å². The van der Waals surface area contributed by atoms with E-state index in [1.807, 2.05) is 0 Å². The van der Waals surface area contributed by atoms with Gasteiger partial charge < -0.3 is 26.4 Å². The van der Waals surface area contributed by atoms with Crippen molar-refractivity contribution in [2.24, 2.45) is 0 Å². The van der Waals surface area contributed by atoms with Gasteiger partial charge in [0.05, 0.1) is 50.5 Å². The van der Waals surface area contributed by atoms with E-state index in [-0.39, 0.29) is 64.6 Å². The van der Waals surface area contributed by atoms with E-state index in [4.69, 9.17) is 92.9 Å². The summed E-state index contributed by atoms with van der Waals surface area (Å²) in [7, 11) is 1.17. The van der Waals surface area contributed by atoms with Crippen molar-refractivity contribution in [3.8, 4) is 0 Å². The minimum atomic E-state index is -4.62. The predicted molar refractivity (Wildman–Crippen MR) is 283 cm³/mol.